The maximum atomic E-state index is 5.79. The van der Waals surface area contributed by atoms with Crippen molar-refractivity contribution in [3.63, 3.8) is 0 Å². The van der Waals surface area contributed by atoms with E-state index in [1.165, 1.54) is 7.11 Å². The lowest BCUT2D eigenvalue weighted by Gasteiger charge is -2.14. The largest absolute Gasteiger partial charge is 0.494 e. The van der Waals surface area contributed by atoms with Crippen molar-refractivity contribution in [2.75, 3.05) is 25.6 Å². The zero-order valence-corrected chi connectivity index (χ0v) is 19.0. The molecule has 0 amide bonds. The Labute approximate surface area is 185 Å². The highest BCUT2D eigenvalue weighted by atomic mass is 35.5. The van der Waals surface area contributed by atoms with E-state index in [1.807, 2.05) is 39.8 Å². The van der Waals surface area contributed by atoms with Crippen molar-refractivity contribution in [1.29, 1.82) is 0 Å². The van der Waals surface area contributed by atoms with Gasteiger partial charge in [-0.05, 0) is 39.8 Å². The van der Waals surface area contributed by atoms with Crippen LogP contribution in [-0.2, 0) is 9.03 Å². The molecule has 1 atom stereocenters. The number of hydrogen-bond donors (Lipinski definition) is 1. The molecule has 0 aliphatic heterocycles. The van der Waals surface area contributed by atoms with Crippen molar-refractivity contribution in [2.24, 2.45) is 0 Å². The minimum Gasteiger partial charge on any atom is -0.494 e. The number of ether oxygens (including phenoxy) is 2. The number of anilines is 1. The van der Waals surface area contributed by atoms with Crippen LogP contribution in [0.25, 0.3) is 16.5 Å². The van der Waals surface area contributed by atoms with Gasteiger partial charge in [-0.2, -0.15) is 5.10 Å². The van der Waals surface area contributed by atoms with Crippen LogP contribution >= 0.6 is 23.7 Å². The predicted molar refractivity (Wildman–Crippen MR) is 117 cm³/mol. The third kappa shape index (κ3) is 4.13. The SMILES string of the molecule is CCOc1ccc(-n2c(C)c3c(C)nnc(NCC(OC)OCl)c3c2C)c(OCl)c1. The van der Waals surface area contributed by atoms with Gasteiger partial charge in [-0.1, -0.05) is 0 Å². The van der Waals surface area contributed by atoms with E-state index in [1.54, 1.807) is 6.07 Å². The lowest BCUT2D eigenvalue weighted by molar-refractivity contribution is -0.0369. The normalized spacial score (nSPS) is 12.2. The molecule has 3 rings (SSSR count). The van der Waals surface area contributed by atoms with Crippen LogP contribution in [0.3, 0.4) is 0 Å². The fourth-order valence-electron chi connectivity index (χ4n) is 3.61. The summed E-state index contributed by atoms with van der Waals surface area (Å²) in [5.41, 5.74) is 3.52. The molecule has 1 N–H and O–H groups in total. The first-order valence-electron chi connectivity index (χ1n) is 9.41. The smallest absolute Gasteiger partial charge is 0.194 e. The topological polar surface area (TPSA) is 79.7 Å². The molecule has 2 aromatic heterocycles. The van der Waals surface area contributed by atoms with Crippen molar-refractivity contribution < 1.29 is 18.1 Å². The summed E-state index contributed by atoms with van der Waals surface area (Å²) in [6, 6.07) is 5.55. The zero-order valence-electron chi connectivity index (χ0n) is 17.5. The number of methoxy groups -OCH3 is 1. The third-order valence-corrected chi connectivity index (χ3v) is 5.27. The van der Waals surface area contributed by atoms with Gasteiger partial charge in [0.1, 0.15) is 17.6 Å². The Hall–Kier alpha value is -2.26. The Kier molecular flexibility index (Phi) is 7.25. The lowest BCUT2D eigenvalue weighted by Crippen LogP contribution is -2.22. The average molecular weight is 455 g/mol. The van der Waals surface area contributed by atoms with Gasteiger partial charge in [0.05, 0.1) is 36.4 Å². The van der Waals surface area contributed by atoms with E-state index in [0.29, 0.717) is 30.5 Å². The van der Waals surface area contributed by atoms with Crippen LogP contribution in [0.5, 0.6) is 11.5 Å². The van der Waals surface area contributed by atoms with Gasteiger partial charge in [0.25, 0.3) is 0 Å². The summed E-state index contributed by atoms with van der Waals surface area (Å²) in [6.45, 7) is 8.71. The number of hydrogen-bond acceptors (Lipinski definition) is 7. The van der Waals surface area contributed by atoms with E-state index in [-0.39, 0.29) is 0 Å². The molecule has 0 bridgehead atoms. The molecule has 3 aromatic rings. The highest BCUT2D eigenvalue weighted by Gasteiger charge is 2.22. The molecule has 2 heterocycles. The number of nitrogens with one attached hydrogen (secondary N) is 1. The first kappa shape index (κ1) is 22.4. The van der Waals surface area contributed by atoms with E-state index < -0.39 is 6.29 Å². The van der Waals surface area contributed by atoms with Crippen LogP contribution < -0.4 is 14.3 Å². The molecule has 8 nitrogen and oxygen atoms in total. The Bertz CT molecular complexity index is 1040. The third-order valence-electron chi connectivity index (χ3n) is 4.91. The number of benzene rings is 1. The van der Waals surface area contributed by atoms with Gasteiger partial charge in [0.2, 0.25) is 0 Å². The second-order valence-electron chi connectivity index (χ2n) is 6.67. The molecule has 0 aliphatic carbocycles. The van der Waals surface area contributed by atoms with Crippen molar-refractivity contribution >= 4 is 40.3 Å². The molecule has 1 aromatic carbocycles. The molecular formula is C20H24Cl2N4O4. The second-order valence-corrected chi connectivity index (χ2v) is 7.00. The number of aryl methyl sites for hydroxylation is 3. The first-order chi connectivity index (χ1) is 14.5. The summed E-state index contributed by atoms with van der Waals surface area (Å²) in [6.07, 6.45) is -0.629. The number of aromatic nitrogens is 3. The van der Waals surface area contributed by atoms with Gasteiger partial charge in [-0.15, -0.1) is 5.10 Å². The number of halogens is 2. The van der Waals surface area contributed by atoms with Crippen LogP contribution in [0.15, 0.2) is 18.2 Å². The molecule has 0 fully saturated rings. The predicted octanol–water partition coefficient (Wildman–Crippen LogP) is 4.83. The van der Waals surface area contributed by atoms with Crippen molar-refractivity contribution in [1.82, 2.24) is 14.8 Å². The van der Waals surface area contributed by atoms with Crippen LogP contribution in [0.1, 0.15) is 24.0 Å². The van der Waals surface area contributed by atoms with Gasteiger partial charge >= 0.3 is 0 Å². The summed E-state index contributed by atoms with van der Waals surface area (Å²) in [7, 11) is 1.51. The molecular weight excluding hydrogens is 431 g/mol. The van der Waals surface area contributed by atoms with Gasteiger partial charge in [0, 0.05) is 35.3 Å². The Morgan fingerprint density at radius 1 is 1.10 bits per heavy atom. The summed E-state index contributed by atoms with van der Waals surface area (Å²) >= 11 is 11.2. The van der Waals surface area contributed by atoms with Crippen LogP contribution in [0.4, 0.5) is 5.82 Å². The first-order valence-corrected chi connectivity index (χ1v) is 10.0. The van der Waals surface area contributed by atoms with E-state index in [0.717, 1.165) is 33.5 Å². The quantitative estimate of drug-likeness (QED) is 0.463. The van der Waals surface area contributed by atoms with E-state index >= 15 is 0 Å². The summed E-state index contributed by atoms with van der Waals surface area (Å²) < 4.78 is 22.6. The highest BCUT2D eigenvalue weighted by Crippen LogP contribution is 2.38. The summed E-state index contributed by atoms with van der Waals surface area (Å²) in [5, 5.41) is 13.8. The van der Waals surface area contributed by atoms with Gasteiger partial charge in [-0.3, -0.25) is 0 Å². The Morgan fingerprint density at radius 2 is 1.83 bits per heavy atom. The molecule has 10 heteroatoms. The fourth-order valence-corrected chi connectivity index (χ4v) is 3.87. The van der Waals surface area contributed by atoms with E-state index in [9.17, 15) is 0 Å². The van der Waals surface area contributed by atoms with Gasteiger partial charge in [-0.25, -0.2) is 4.29 Å². The Morgan fingerprint density at radius 3 is 2.47 bits per heavy atom. The molecule has 0 saturated carbocycles. The van der Waals surface area contributed by atoms with Crippen molar-refractivity contribution in [3.8, 4) is 17.2 Å². The minimum absolute atomic E-state index is 0.301. The molecule has 0 aliphatic rings. The van der Waals surface area contributed by atoms with E-state index in [2.05, 4.69) is 20.1 Å². The molecule has 0 spiro atoms. The molecule has 30 heavy (non-hydrogen) atoms. The number of rotatable bonds is 9. The second kappa shape index (κ2) is 9.70. The van der Waals surface area contributed by atoms with Crippen LogP contribution in [-0.4, -0.2) is 41.3 Å². The molecule has 0 radical (unpaired) electrons. The summed E-state index contributed by atoms with van der Waals surface area (Å²) in [5.74, 6) is 1.76. The standard InChI is InChI=1S/C20H24Cl2N4O4/c1-6-28-14-7-8-15(16(9-14)29-21)26-12(3)18-11(2)24-25-20(19(18)13(26)4)23-10-17(27-5)30-22/h7-9,17H,6,10H2,1-5H3,(H,23,25). The number of nitrogens with zero attached hydrogens (tertiary/aromatic N) is 3. The maximum absolute atomic E-state index is 5.79. The highest BCUT2D eigenvalue weighted by molar-refractivity contribution is 6.09. The monoisotopic (exact) mass is 454 g/mol. The van der Waals surface area contributed by atoms with Crippen molar-refractivity contribution in [2.45, 2.75) is 34.0 Å². The zero-order chi connectivity index (χ0) is 21.8. The maximum Gasteiger partial charge on any atom is 0.194 e. The fraction of sp³-hybridized carbons (Fsp3) is 0.400. The summed E-state index contributed by atoms with van der Waals surface area (Å²) in [4.78, 5) is 0. The van der Waals surface area contributed by atoms with Crippen LogP contribution in [0, 0.1) is 20.8 Å². The number of fused-ring (bicyclic) bond motifs is 1. The molecule has 1 unspecified atom stereocenters. The average Bonchev–Trinajstić information content (AvgIpc) is 3.02. The van der Waals surface area contributed by atoms with E-state index in [4.69, 9.17) is 41.8 Å². The minimum atomic E-state index is -0.629. The van der Waals surface area contributed by atoms with Gasteiger partial charge < -0.3 is 23.6 Å². The Balaban J connectivity index is 2.16. The van der Waals surface area contributed by atoms with Gasteiger partial charge in [0.15, 0.2) is 17.9 Å². The van der Waals surface area contributed by atoms with Crippen molar-refractivity contribution in [3.05, 3.63) is 35.3 Å². The van der Waals surface area contributed by atoms with Crippen LogP contribution in [0.2, 0.25) is 0 Å². The molecule has 162 valence electrons. The lowest BCUT2D eigenvalue weighted by atomic mass is 10.1. The molecule has 0 saturated heterocycles.